The number of rotatable bonds is 8. The number of hydrogen-bond acceptors (Lipinski definition) is 6. The molecule has 0 unspecified atom stereocenters. The van der Waals surface area contributed by atoms with Crippen LogP contribution in [0.5, 0.6) is 17.2 Å². The summed E-state index contributed by atoms with van der Waals surface area (Å²) in [5.41, 5.74) is 3.28. The minimum atomic E-state index is -0.858. The lowest BCUT2D eigenvalue weighted by Gasteiger charge is -2.39. The lowest BCUT2D eigenvalue weighted by molar-refractivity contribution is 0.204. The molecule has 0 saturated carbocycles. The fourth-order valence-electron chi connectivity index (χ4n) is 4.27. The number of nitrogens with zero attached hydrogens (tertiary/aromatic N) is 3. The molecule has 2 aromatic carbocycles. The van der Waals surface area contributed by atoms with Crippen molar-refractivity contribution in [1.29, 1.82) is 0 Å². The SMILES string of the molecule is COc1cc(-c2cncc(CN(c3ccc(F)c(F)c3)N3CCCCC3)c2)cc(OC)c1OC. The fourth-order valence-corrected chi connectivity index (χ4v) is 4.27. The Labute approximate surface area is 198 Å². The monoisotopic (exact) mass is 469 g/mol. The van der Waals surface area contributed by atoms with E-state index in [4.69, 9.17) is 14.2 Å². The number of hydrazine groups is 1. The number of methoxy groups -OCH3 is 3. The number of pyridine rings is 1. The Bertz CT molecular complexity index is 1110. The van der Waals surface area contributed by atoms with E-state index in [0.717, 1.165) is 42.6 Å². The first-order valence-electron chi connectivity index (χ1n) is 11.3. The highest BCUT2D eigenvalue weighted by molar-refractivity contribution is 5.71. The molecule has 0 amide bonds. The molecule has 3 aromatic rings. The first-order valence-corrected chi connectivity index (χ1v) is 11.3. The van der Waals surface area contributed by atoms with Crippen molar-refractivity contribution in [1.82, 2.24) is 9.99 Å². The maximum Gasteiger partial charge on any atom is 0.203 e. The quantitative estimate of drug-likeness (QED) is 0.437. The van der Waals surface area contributed by atoms with Gasteiger partial charge in [0.25, 0.3) is 0 Å². The first-order chi connectivity index (χ1) is 16.5. The second-order valence-corrected chi connectivity index (χ2v) is 8.17. The molecule has 1 saturated heterocycles. The summed E-state index contributed by atoms with van der Waals surface area (Å²) in [6, 6.07) is 9.82. The number of aromatic nitrogens is 1. The van der Waals surface area contributed by atoms with Crippen LogP contribution < -0.4 is 19.2 Å². The van der Waals surface area contributed by atoms with Gasteiger partial charge in [0.05, 0.1) is 33.6 Å². The summed E-state index contributed by atoms with van der Waals surface area (Å²) in [5.74, 6) is -0.0809. The first kappa shape index (κ1) is 23.8. The molecular weight excluding hydrogens is 440 g/mol. The van der Waals surface area contributed by atoms with Crippen LogP contribution in [-0.4, -0.2) is 44.4 Å². The molecule has 1 aliphatic heterocycles. The van der Waals surface area contributed by atoms with Gasteiger partial charge < -0.3 is 19.2 Å². The third kappa shape index (κ3) is 5.07. The van der Waals surface area contributed by atoms with Gasteiger partial charge in [0.2, 0.25) is 5.75 Å². The summed E-state index contributed by atoms with van der Waals surface area (Å²) in [4.78, 5) is 4.45. The maximum absolute atomic E-state index is 14.1. The van der Waals surface area contributed by atoms with Crippen molar-refractivity contribution in [2.24, 2.45) is 0 Å². The minimum absolute atomic E-state index is 0.469. The molecule has 34 heavy (non-hydrogen) atoms. The predicted octanol–water partition coefficient (Wildman–Crippen LogP) is 5.46. The number of ether oxygens (including phenoxy) is 3. The van der Waals surface area contributed by atoms with E-state index in [1.54, 1.807) is 39.8 Å². The zero-order valence-electron chi connectivity index (χ0n) is 19.7. The van der Waals surface area contributed by atoms with E-state index in [-0.39, 0.29) is 0 Å². The smallest absolute Gasteiger partial charge is 0.203 e. The molecule has 1 fully saturated rings. The molecule has 1 aliphatic rings. The van der Waals surface area contributed by atoms with Gasteiger partial charge in [-0.2, -0.15) is 0 Å². The highest BCUT2D eigenvalue weighted by Crippen LogP contribution is 2.41. The molecule has 0 spiro atoms. The van der Waals surface area contributed by atoms with Gasteiger partial charge in [0, 0.05) is 37.1 Å². The van der Waals surface area contributed by atoms with Crippen LogP contribution in [0.2, 0.25) is 0 Å². The minimum Gasteiger partial charge on any atom is -0.493 e. The van der Waals surface area contributed by atoms with E-state index >= 15 is 0 Å². The average Bonchev–Trinajstić information content (AvgIpc) is 2.88. The van der Waals surface area contributed by atoms with E-state index in [0.29, 0.717) is 29.5 Å². The van der Waals surface area contributed by atoms with Crippen molar-refractivity contribution >= 4 is 5.69 Å². The molecule has 1 aromatic heterocycles. The van der Waals surface area contributed by atoms with Crippen LogP contribution in [0, 0.1) is 11.6 Å². The lowest BCUT2D eigenvalue weighted by Crippen LogP contribution is -2.45. The number of hydrogen-bond donors (Lipinski definition) is 0. The van der Waals surface area contributed by atoms with Crippen LogP contribution in [-0.2, 0) is 6.54 Å². The Morgan fingerprint density at radius 1 is 0.824 bits per heavy atom. The Balaban J connectivity index is 1.68. The lowest BCUT2D eigenvalue weighted by atomic mass is 10.0. The normalized spacial score (nSPS) is 14.0. The molecule has 8 heteroatoms. The van der Waals surface area contributed by atoms with Crippen molar-refractivity contribution in [2.45, 2.75) is 25.8 Å². The van der Waals surface area contributed by atoms with Crippen LogP contribution in [0.4, 0.5) is 14.5 Å². The predicted molar refractivity (Wildman–Crippen MR) is 127 cm³/mol. The van der Waals surface area contributed by atoms with Gasteiger partial charge in [-0.05, 0) is 54.3 Å². The number of anilines is 1. The molecule has 6 nitrogen and oxygen atoms in total. The molecular formula is C26H29F2N3O3. The van der Waals surface area contributed by atoms with Crippen molar-refractivity contribution in [2.75, 3.05) is 39.4 Å². The second kappa shape index (κ2) is 10.7. The van der Waals surface area contributed by atoms with Gasteiger partial charge in [-0.3, -0.25) is 4.98 Å². The Morgan fingerprint density at radius 3 is 2.15 bits per heavy atom. The van der Waals surface area contributed by atoms with E-state index in [9.17, 15) is 8.78 Å². The molecule has 0 bridgehead atoms. The number of benzene rings is 2. The van der Waals surface area contributed by atoms with Gasteiger partial charge in [0.1, 0.15) is 0 Å². The van der Waals surface area contributed by atoms with Gasteiger partial charge >= 0.3 is 0 Å². The maximum atomic E-state index is 14.1. The van der Waals surface area contributed by atoms with Crippen LogP contribution in [0.15, 0.2) is 48.8 Å². The highest BCUT2D eigenvalue weighted by atomic mass is 19.2. The van der Waals surface area contributed by atoms with Crippen molar-refractivity contribution in [3.63, 3.8) is 0 Å². The number of piperidine rings is 1. The summed E-state index contributed by atoms with van der Waals surface area (Å²) < 4.78 is 44.1. The van der Waals surface area contributed by atoms with Crippen LogP contribution >= 0.6 is 0 Å². The summed E-state index contributed by atoms with van der Waals surface area (Å²) >= 11 is 0. The summed E-state index contributed by atoms with van der Waals surface area (Å²) in [5, 5.41) is 4.21. The Kier molecular flexibility index (Phi) is 7.47. The summed E-state index contributed by atoms with van der Waals surface area (Å²) in [6.07, 6.45) is 6.85. The van der Waals surface area contributed by atoms with Gasteiger partial charge in [-0.25, -0.2) is 13.8 Å². The van der Waals surface area contributed by atoms with Crippen molar-refractivity contribution < 1.29 is 23.0 Å². The van der Waals surface area contributed by atoms with Crippen molar-refractivity contribution in [3.05, 3.63) is 66.0 Å². The molecule has 0 radical (unpaired) electrons. The fraction of sp³-hybridized carbons (Fsp3) is 0.346. The molecule has 0 N–H and O–H groups in total. The van der Waals surface area contributed by atoms with E-state index in [1.807, 2.05) is 23.2 Å². The van der Waals surface area contributed by atoms with Gasteiger partial charge in [0.15, 0.2) is 23.1 Å². The van der Waals surface area contributed by atoms with Crippen LogP contribution in [0.25, 0.3) is 11.1 Å². The number of halogens is 2. The Hall–Kier alpha value is -3.39. The topological polar surface area (TPSA) is 47.1 Å². The summed E-state index contributed by atoms with van der Waals surface area (Å²) in [7, 11) is 4.72. The van der Waals surface area contributed by atoms with Crippen molar-refractivity contribution in [3.8, 4) is 28.4 Å². The average molecular weight is 470 g/mol. The molecule has 2 heterocycles. The molecule has 4 rings (SSSR count). The molecule has 180 valence electrons. The van der Waals surface area contributed by atoms with Gasteiger partial charge in [-0.1, -0.05) is 6.42 Å². The zero-order valence-corrected chi connectivity index (χ0v) is 19.7. The summed E-state index contributed by atoms with van der Waals surface area (Å²) in [6.45, 7) is 2.19. The van der Waals surface area contributed by atoms with Gasteiger partial charge in [-0.15, -0.1) is 0 Å². The molecule has 0 atom stereocenters. The highest BCUT2D eigenvalue weighted by Gasteiger charge is 2.21. The zero-order chi connectivity index (χ0) is 24.1. The largest absolute Gasteiger partial charge is 0.493 e. The standard InChI is InChI=1S/C26H29F2N3O3/c1-32-24-12-19(13-25(33-2)26(24)34-3)20-11-18(15-29-16-20)17-31(30-9-5-4-6-10-30)21-7-8-22(27)23(28)14-21/h7-8,11-16H,4-6,9-10,17H2,1-3H3. The van der Waals surface area contributed by atoms with E-state index < -0.39 is 11.6 Å². The third-order valence-corrected chi connectivity index (χ3v) is 6.00. The Morgan fingerprint density at radius 2 is 1.53 bits per heavy atom. The third-order valence-electron chi connectivity index (χ3n) is 6.00. The second-order valence-electron chi connectivity index (χ2n) is 8.17. The molecule has 0 aliphatic carbocycles. The van der Waals surface area contributed by atoms with E-state index in [2.05, 4.69) is 9.99 Å². The van der Waals surface area contributed by atoms with E-state index in [1.165, 1.54) is 18.6 Å². The van der Waals surface area contributed by atoms with Crippen LogP contribution in [0.3, 0.4) is 0 Å². The van der Waals surface area contributed by atoms with Crippen LogP contribution in [0.1, 0.15) is 24.8 Å².